The largest absolute Gasteiger partial charge is 0.456 e. The third-order valence-corrected chi connectivity index (χ3v) is 12.8. The lowest BCUT2D eigenvalue weighted by atomic mass is 9.82. The van der Waals surface area contributed by atoms with Crippen molar-refractivity contribution in [3.63, 3.8) is 0 Å². The molecule has 1 aliphatic carbocycles. The molecule has 59 heavy (non-hydrogen) atoms. The lowest BCUT2D eigenvalue weighted by Gasteiger charge is -2.29. The number of fused-ring (bicyclic) bond motifs is 6. The van der Waals surface area contributed by atoms with Crippen molar-refractivity contribution in [3.05, 3.63) is 211 Å². The molecule has 11 aromatic rings. The summed E-state index contributed by atoms with van der Waals surface area (Å²) in [6.45, 7) is 4.71. The van der Waals surface area contributed by atoms with Gasteiger partial charge < -0.3 is 9.32 Å². The fourth-order valence-corrected chi connectivity index (χ4v) is 9.98. The van der Waals surface area contributed by atoms with Crippen LogP contribution in [-0.4, -0.2) is 0 Å². The van der Waals surface area contributed by atoms with Crippen LogP contribution in [0.4, 0.5) is 17.1 Å². The Morgan fingerprint density at radius 3 is 1.69 bits per heavy atom. The molecular weight excluding hydrogens is 715 g/mol. The Bertz CT molecular complexity index is 3410. The first-order valence-corrected chi connectivity index (χ1v) is 20.5. The number of rotatable bonds is 6. The van der Waals surface area contributed by atoms with Crippen LogP contribution in [0.2, 0.25) is 0 Å². The summed E-state index contributed by atoms with van der Waals surface area (Å²) in [5.41, 5.74) is 17.7. The van der Waals surface area contributed by atoms with E-state index in [1.165, 1.54) is 93.6 Å². The highest BCUT2D eigenvalue weighted by atomic mass is 16.3. The van der Waals surface area contributed by atoms with E-state index in [-0.39, 0.29) is 5.41 Å². The monoisotopic (exact) mass is 753 g/mol. The Kier molecular flexibility index (Phi) is 7.31. The van der Waals surface area contributed by atoms with E-state index in [0.717, 1.165) is 22.5 Å². The molecular formula is C57H39NO. The van der Waals surface area contributed by atoms with Gasteiger partial charge in [-0.1, -0.05) is 159 Å². The van der Waals surface area contributed by atoms with Gasteiger partial charge in [0.25, 0.3) is 0 Å². The van der Waals surface area contributed by atoms with Crippen LogP contribution in [0, 0.1) is 0 Å². The second kappa shape index (κ2) is 12.8. The summed E-state index contributed by atoms with van der Waals surface area (Å²) in [5.74, 6) is 0. The minimum Gasteiger partial charge on any atom is -0.456 e. The summed E-state index contributed by atoms with van der Waals surface area (Å²) in [5, 5.41) is 7.40. The minimum absolute atomic E-state index is 0.107. The average Bonchev–Trinajstić information content (AvgIpc) is 3.79. The van der Waals surface area contributed by atoms with Crippen molar-refractivity contribution in [2.45, 2.75) is 19.3 Å². The maximum absolute atomic E-state index is 6.31. The average molecular weight is 754 g/mol. The van der Waals surface area contributed by atoms with E-state index in [1.54, 1.807) is 0 Å². The Labute approximate surface area is 343 Å². The second-order valence-corrected chi connectivity index (χ2v) is 16.5. The molecule has 0 spiro atoms. The van der Waals surface area contributed by atoms with Gasteiger partial charge in [-0.15, -0.1) is 0 Å². The summed E-state index contributed by atoms with van der Waals surface area (Å²) >= 11 is 0. The van der Waals surface area contributed by atoms with Crippen molar-refractivity contribution in [2.24, 2.45) is 0 Å². The van der Waals surface area contributed by atoms with Gasteiger partial charge in [-0.2, -0.15) is 0 Å². The summed E-state index contributed by atoms with van der Waals surface area (Å²) in [6.07, 6.45) is 0. The zero-order valence-corrected chi connectivity index (χ0v) is 32.9. The summed E-state index contributed by atoms with van der Waals surface area (Å²) < 4.78 is 6.31. The molecule has 2 heteroatoms. The Hall–Kier alpha value is -7.42. The Balaban J connectivity index is 0.993. The second-order valence-electron chi connectivity index (χ2n) is 16.5. The van der Waals surface area contributed by atoms with Gasteiger partial charge in [-0.3, -0.25) is 0 Å². The molecule has 0 amide bonds. The molecule has 2 nitrogen and oxygen atoms in total. The predicted molar refractivity (Wildman–Crippen MR) is 248 cm³/mol. The third kappa shape index (κ3) is 5.13. The van der Waals surface area contributed by atoms with Gasteiger partial charge in [0, 0.05) is 33.1 Å². The molecule has 0 bridgehead atoms. The van der Waals surface area contributed by atoms with Crippen LogP contribution in [0.3, 0.4) is 0 Å². The molecule has 0 fully saturated rings. The number of hydrogen-bond acceptors (Lipinski definition) is 2. The number of nitrogens with zero attached hydrogens (tertiary/aromatic N) is 1. The number of anilines is 3. The SMILES string of the molecule is CC1(C)c2ccccc2-c2c(N(c3ccc(-c4ccccc4)cc3)c3cccc(-c4cccc(-c5ccc6c(c5)c5cccc7oc8cccc6c8c75)c4)c3)cccc21. The quantitative estimate of drug-likeness (QED) is 0.157. The Morgan fingerprint density at radius 1 is 0.373 bits per heavy atom. The third-order valence-electron chi connectivity index (χ3n) is 12.8. The normalized spacial score (nSPS) is 13.1. The predicted octanol–water partition coefficient (Wildman–Crippen LogP) is 16.1. The van der Waals surface area contributed by atoms with E-state index in [1.807, 2.05) is 0 Å². The van der Waals surface area contributed by atoms with E-state index < -0.39 is 0 Å². The molecule has 0 saturated heterocycles. The van der Waals surface area contributed by atoms with Crippen LogP contribution in [-0.2, 0) is 5.41 Å². The number of benzene rings is 10. The smallest absolute Gasteiger partial charge is 0.136 e. The number of furan rings is 1. The lowest BCUT2D eigenvalue weighted by Crippen LogP contribution is -2.16. The summed E-state index contributed by atoms with van der Waals surface area (Å²) in [6, 6.07) is 73.2. The first kappa shape index (κ1) is 33.7. The standard InChI is InChI=1S/C57H39NO/c1-57(2)49-22-7-6-19-47(49)54-50(57)23-12-24-51(54)58(42-30-27-37(28-31-42)36-13-4-3-5-14-36)43-18-9-17-40(34-43)38-15-8-16-39(33-38)41-29-32-44-45-20-10-25-52-55(45)56-46(48(44)35-41)21-11-26-53(56)59-52/h3-35H,1-2H3. The zero-order chi connectivity index (χ0) is 39.2. The van der Waals surface area contributed by atoms with Crippen LogP contribution < -0.4 is 4.90 Å². The molecule has 0 N–H and O–H groups in total. The molecule has 0 atom stereocenters. The molecule has 1 heterocycles. The Morgan fingerprint density at radius 2 is 0.932 bits per heavy atom. The molecule has 10 aromatic carbocycles. The fraction of sp³-hybridized carbons (Fsp3) is 0.0526. The van der Waals surface area contributed by atoms with Gasteiger partial charge in [0.05, 0.1) is 5.69 Å². The van der Waals surface area contributed by atoms with Crippen molar-refractivity contribution in [2.75, 3.05) is 4.90 Å². The van der Waals surface area contributed by atoms with Crippen molar-refractivity contribution in [1.29, 1.82) is 0 Å². The van der Waals surface area contributed by atoms with Crippen molar-refractivity contribution in [3.8, 4) is 44.5 Å². The van der Waals surface area contributed by atoms with Gasteiger partial charge >= 0.3 is 0 Å². The summed E-state index contributed by atoms with van der Waals surface area (Å²) in [4.78, 5) is 2.45. The lowest BCUT2D eigenvalue weighted by molar-refractivity contribution is 0.660. The van der Waals surface area contributed by atoms with Gasteiger partial charge in [-0.25, -0.2) is 0 Å². The van der Waals surface area contributed by atoms with E-state index in [0.29, 0.717) is 0 Å². The topological polar surface area (TPSA) is 16.4 Å². The highest BCUT2D eigenvalue weighted by molar-refractivity contribution is 6.33. The summed E-state index contributed by atoms with van der Waals surface area (Å²) in [7, 11) is 0. The molecule has 12 rings (SSSR count). The van der Waals surface area contributed by atoms with Crippen LogP contribution in [0.15, 0.2) is 205 Å². The van der Waals surface area contributed by atoms with Crippen molar-refractivity contribution >= 4 is 60.5 Å². The fourth-order valence-electron chi connectivity index (χ4n) is 9.98. The van der Waals surface area contributed by atoms with Gasteiger partial charge in [0.1, 0.15) is 11.2 Å². The molecule has 278 valence electrons. The van der Waals surface area contributed by atoms with Crippen LogP contribution in [0.1, 0.15) is 25.0 Å². The first-order chi connectivity index (χ1) is 29.0. The van der Waals surface area contributed by atoms with Crippen molar-refractivity contribution < 1.29 is 4.42 Å². The minimum atomic E-state index is -0.107. The van der Waals surface area contributed by atoms with Gasteiger partial charge in [0.2, 0.25) is 0 Å². The van der Waals surface area contributed by atoms with E-state index in [2.05, 4.69) is 219 Å². The highest BCUT2D eigenvalue weighted by Crippen LogP contribution is 2.54. The van der Waals surface area contributed by atoms with Crippen LogP contribution in [0.25, 0.3) is 88.0 Å². The van der Waals surface area contributed by atoms with Gasteiger partial charge in [-0.05, 0) is 126 Å². The van der Waals surface area contributed by atoms with Crippen LogP contribution in [0.5, 0.6) is 0 Å². The number of hydrogen-bond donors (Lipinski definition) is 0. The molecule has 0 aliphatic heterocycles. The van der Waals surface area contributed by atoms with E-state index in [4.69, 9.17) is 4.42 Å². The first-order valence-electron chi connectivity index (χ1n) is 20.5. The van der Waals surface area contributed by atoms with E-state index in [9.17, 15) is 0 Å². The molecule has 1 aliphatic rings. The van der Waals surface area contributed by atoms with Gasteiger partial charge in [0.15, 0.2) is 0 Å². The maximum Gasteiger partial charge on any atom is 0.136 e. The maximum atomic E-state index is 6.31. The van der Waals surface area contributed by atoms with Crippen LogP contribution >= 0.6 is 0 Å². The van der Waals surface area contributed by atoms with Crippen molar-refractivity contribution in [1.82, 2.24) is 0 Å². The molecule has 0 saturated carbocycles. The molecule has 1 aromatic heterocycles. The molecule has 0 radical (unpaired) electrons. The highest BCUT2D eigenvalue weighted by Gasteiger charge is 2.37. The zero-order valence-electron chi connectivity index (χ0n) is 32.9. The molecule has 0 unspecified atom stereocenters. The van der Waals surface area contributed by atoms with E-state index >= 15 is 0 Å².